The lowest BCUT2D eigenvalue weighted by molar-refractivity contribution is -0.115. The molecule has 0 saturated heterocycles. The highest BCUT2D eigenvalue weighted by Crippen LogP contribution is 2.22. The molecule has 0 aliphatic rings. The number of aromatic nitrogens is 2. The quantitative estimate of drug-likeness (QED) is 0.906. The number of amides is 1. The van der Waals surface area contributed by atoms with Gasteiger partial charge in [-0.15, -0.1) is 0 Å². The van der Waals surface area contributed by atoms with Crippen molar-refractivity contribution in [2.45, 2.75) is 46.5 Å². The van der Waals surface area contributed by atoms with E-state index < -0.39 is 0 Å². The molecule has 1 amide bonds. The number of rotatable bonds is 3. The van der Waals surface area contributed by atoms with Crippen molar-refractivity contribution in [1.29, 1.82) is 0 Å². The maximum absolute atomic E-state index is 12.1. The van der Waals surface area contributed by atoms with Gasteiger partial charge in [0.15, 0.2) is 5.82 Å². The molecular formula is C17H23N3O. The molecule has 0 spiro atoms. The zero-order chi connectivity index (χ0) is 15.6. The standard InChI is InChI=1S/C17H23N3O/c1-11-6-7-12(2)13(8-11)9-16(21)18-15-10-14(19-20-15)17(3,4)5/h6-8,10H,9H2,1-5H3,(H2,18,19,20,21). The Balaban J connectivity index is 2.05. The van der Waals surface area contributed by atoms with Crippen LogP contribution in [0.1, 0.15) is 43.2 Å². The Labute approximate surface area is 126 Å². The van der Waals surface area contributed by atoms with E-state index in [0.717, 1.165) is 22.4 Å². The van der Waals surface area contributed by atoms with Gasteiger partial charge in [-0.3, -0.25) is 9.89 Å². The number of H-pyrrole nitrogens is 1. The third-order valence-electron chi connectivity index (χ3n) is 3.51. The summed E-state index contributed by atoms with van der Waals surface area (Å²) in [6.07, 6.45) is 0.366. The Kier molecular flexibility index (Phi) is 4.16. The third-order valence-corrected chi connectivity index (χ3v) is 3.51. The number of nitrogens with one attached hydrogen (secondary N) is 2. The average molecular weight is 285 g/mol. The topological polar surface area (TPSA) is 57.8 Å². The second-order valence-corrected chi connectivity index (χ2v) is 6.57. The van der Waals surface area contributed by atoms with Gasteiger partial charge in [-0.1, -0.05) is 44.5 Å². The van der Waals surface area contributed by atoms with Crippen molar-refractivity contribution in [3.63, 3.8) is 0 Å². The van der Waals surface area contributed by atoms with Gasteiger partial charge >= 0.3 is 0 Å². The summed E-state index contributed by atoms with van der Waals surface area (Å²) < 4.78 is 0. The molecule has 112 valence electrons. The Morgan fingerprint density at radius 1 is 1.24 bits per heavy atom. The molecule has 1 heterocycles. The van der Waals surface area contributed by atoms with Crippen LogP contribution >= 0.6 is 0 Å². The lowest BCUT2D eigenvalue weighted by atomic mass is 9.92. The maximum atomic E-state index is 12.1. The van der Waals surface area contributed by atoms with Gasteiger partial charge < -0.3 is 5.32 Å². The van der Waals surface area contributed by atoms with Gasteiger partial charge in [0.2, 0.25) is 5.91 Å². The van der Waals surface area contributed by atoms with E-state index >= 15 is 0 Å². The van der Waals surface area contributed by atoms with Crippen molar-refractivity contribution in [2.24, 2.45) is 0 Å². The number of hydrogen-bond donors (Lipinski definition) is 2. The van der Waals surface area contributed by atoms with Crippen LogP contribution < -0.4 is 5.32 Å². The summed E-state index contributed by atoms with van der Waals surface area (Å²) in [4.78, 5) is 12.1. The normalized spacial score (nSPS) is 11.5. The number of nitrogens with zero attached hydrogens (tertiary/aromatic N) is 1. The van der Waals surface area contributed by atoms with Crippen molar-refractivity contribution in [3.05, 3.63) is 46.6 Å². The summed E-state index contributed by atoms with van der Waals surface area (Å²) in [5.74, 6) is 0.533. The van der Waals surface area contributed by atoms with Crippen molar-refractivity contribution >= 4 is 11.7 Å². The van der Waals surface area contributed by atoms with Crippen molar-refractivity contribution < 1.29 is 4.79 Å². The predicted molar refractivity (Wildman–Crippen MR) is 85.5 cm³/mol. The molecule has 0 fully saturated rings. The van der Waals surface area contributed by atoms with Crippen LogP contribution in [0.25, 0.3) is 0 Å². The second kappa shape index (κ2) is 5.72. The fourth-order valence-corrected chi connectivity index (χ4v) is 2.12. The van der Waals surface area contributed by atoms with Crippen LogP contribution in [0.15, 0.2) is 24.3 Å². The summed E-state index contributed by atoms with van der Waals surface area (Å²) in [6.45, 7) is 10.4. The molecule has 4 heteroatoms. The van der Waals surface area contributed by atoms with Crippen LogP contribution in [0.3, 0.4) is 0 Å². The molecule has 1 aromatic heterocycles. The van der Waals surface area contributed by atoms with Gasteiger partial charge in [0.05, 0.1) is 6.42 Å². The van der Waals surface area contributed by atoms with E-state index in [4.69, 9.17) is 0 Å². The molecule has 0 unspecified atom stereocenters. The highest BCUT2D eigenvalue weighted by molar-refractivity contribution is 5.91. The van der Waals surface area contributed by atoms with Gasteiger partial charge in [0.25, 0.3) is 0 Å². The van der Waals surface area contributed by atoms with E-state index in [0.29, 0.717) is 12.2 Å². The molecule has 0 radical (unpaired) electrons. The molecule has 4 nitrogen and oxygen atoms in total. The first-order valence-corrected chi connectivity index (χ1v) is 7.17. The van der Waals surface area contributed by atoms with E-state index in [1.54, 1.807) is 0 Å². The van der Waals surface area contributed by atoms with Gasteiger partial charge in [-0.25, -0.2) is 0 Å². The summed E-state index contributed by atoms with van der Waals surface area (Å²) in [7, 11) is 0. The molecular weight excluding hydrogens is 262 g/mol. The van der Waals surface area contributed by atoms with Crippen molar-refractivity contribution in [3.8, 4) is 0 Å². The first-order chi connectivity index (χ1) is 9.75. The summed E-state index contributed by atoms with van der Waals surface area (Å²) in [6, 6.07) is 8.05. The van der Waals surface area contributed by atoms with Crippen LogP contribution in [0.5, 0.6) is 0 Å². The minimum absolute atomic E-state index is 0.0108. The largest absolute Gasteiger partial charge is 0.309 e. The molecule has 0 aliphatic heterocycles. The van der Waals surface area contributed by atoms with E-state index in [2.05, 4.69) is 48.4 Å². The monoisotopic (exact) mass is 285 g/mol. The zero-order valence-electron chi connectivity index (χ0n) is 13.4. The number of hydrogen-bond acceptors (Lipinski definition) is 2. The zero-order valence-corrected chi connectivity index (χ0v) is 13.4. The van der Waals surface area contributed by atoms with Crippen molar-refractivity contribution in [2.75, 3.05) is 5.32 Å². The Bertz CT molecular complexity index is 650. The van der Waals surface area contributed by atoms with E-state index in [9.17, 15) is 4.79 Å². The fourth-order valence-electron chi connectivity index (χ4n) is 2.12. The van der Waals surface area contributed by atoms with Crippen molar-refractivity contribution in [1.82, 2.24) is 10.2 Å². The van der Waals surface area contributed by atoms with Gasteiger partial charge in [0, 0.05) is 17.2 Å². The SMILES string of the molecule is Cc1ccc(C)c(CC(=O)Nc2cc(C(C)(C)C)[nH]n2)c1. The van der Waals surface area contributed by atoms with E-state index in [1.165, 1.54) is 0 Å². The minimum atomic E-state index is -0.0457. The highest BCUT2D eigenvalue weighted by Gasteiger charge is 2.17. The first kappa shape index (κ1) is 15.3. The molecule has 0 saturated carbocycles. The minimum Gasteiger partial charge on any atom is -0.309 e. The van der Waals surface area contributed by atoms with Gasteiger partial charge in [-0.05, 0) is 25.0 Å². The Morgan fingerprint density at radius 2 is 1.95 bits per heavy atom. The molecule has 2 aromatic rings. The Hall–Kier alpha value is -2.10. The lowest BCUT2D eigenvalue weighted by Crippen LogP contribution is -2.15. The first-order valence-electron chi connectivity index (χ1n) is 7.17. The van der Waals surface area contributed by atoms with Crippen LogP contribution in [0, 0.1) is 13.8 Å². The van der Waals surface area contributed by atoms with Crippen LogP contribution in [-0.4, -0.2) is 16.1 Å². The second-order valence-electron chi connectivity index (χ2n) is 6.57. The van der Waals surface area contributed by atoms with Crippen LogP contribution in [-0.2, 0) is 16.6 Å². The predicted octanol–water partition coefficient (Wildman–Crippen LogP) is 3.51. The summed E-state index contributed by atoms with van der Waals surface area (Å²) >= 11 is 0. The van der Waals surface area contributed by atoms with E-state index in [1.807, 2.05) is 26.0 Å². The number of aryl methyl sites for hydroxylation is 2. The average Bonchev–Trinajstić information content (AvgIpc) is 2.82. The molecule has 1 aromatic carbocycles. The third kappa shape index (κ3) is 3.94. The number of benzene rings is 1. The fraction of sp³-hybridized carbons (Fsp3) is 0.412. The van der Waals surface area contributed by atoms with Crippen LogP contribution in [0.4, 0.5) is 5.82 Å². The molecule has 2 N–H and O–H groups in total. The number of aromatic amines is 1. The number of carbonyl (C=O) groups is 1. The summed E-state index contributed by atoms with van der Waals surface area (Å²) in [5.41, 5.74) is 4.35. The molecule has 2 rings (SSSR count). The smallest absolute Gasteiger partial charge is 0.230 e. The van der Waals surface area contributed by atoms with Gasteiger partial charge in [-0.2, -0.15) is 5.10 Å². The van der Waals surface area contributed by atoms with Crippen LogP contribution in [0.2, 0.25) is 0 Å². The number of anilines is 1. The van der Waals surface area contributed by atoms with Gasteiger partial charge in [0.1, 0.15) is 0 Å². The Morgan fingerprint density at radius 3 is 2.57 bits per heavy atom. The summed E-state index contributed by atoms with van der Waals surface area (Å²) in [5, 5.41) is 9.97. The lowest BCUT2D eigenvalue weighted by Gasteiger charge is -2.14. The molecule has 0 atom stereocenters. The maximum Gasteiger partial charge on any atom is 0.230 e. The number of carbonyl (C=O) groups excluding carboxylic acids is 1. The molecule has 21 heavy (non-hydrogen) atoms. The molecule has 0 bridgehead atoms. The van der Waals surface area contributed by atoms with E-state index in [-0.39, 0.29) is 11.3 Å². The molecule has 0 aliphatic carbocycles. The highest BCUT2D eigenvalue weighted by atomic mass is 16.1.